The van der Waals surface area contributed by atoms with Crippen molar-refractivity contribution < 1.29 is 24.1 Å². The van der Waals surface area contributed by atoms with Crippen LogP contribution in [-0.4, -0.2) is 31.4 Å². The van der Waals surface area contributed by atoms with E-state index in [0.29, 0.717) is 36.4 Å². The van der Waals surface area contributed by atoms with Gasteiger partial charge < -0.3 is 19.3 Å². The molecule has 0 bridgehead atoms. The largest absolute Gasteiger partial charge is 0.492 e. The summed E-state index contributed by atoms with van der Waals surface area (Å²) in [5.41, 5.74) is 0.923. The van der Waals surface area contributed by atoms with E-state index in [0.717, 1.165) is 24.8 Å². The lowest BCUT2D eigenvalue weighted by Gasteiger charge is -2.21. The number of ether oxygens (including phenoxy) is 3. The predicted molar refractivity (Wildman–Crippen MR) is 76.3 cm³/mol. The molecule has 3 rings (SSSR count). The molecule has 5 heteroatoms. The van der Waals surface area contributed by atoms with Crippen molar-refractivity contribution in [1.29, 1.82) is 0 Å². The van der Waals surface area contributed by atoms with Gasteiger partial charge in [0.05, 0.1) is 26.7 Å². The molecule has 1 heterocycles. The average molecular weight is 292 g/mol. The Balaban J connectivity index is 2.00. The van der Waals surface area contributed by atoms with E-state index in [2.05, 4.69) is 0 Å². The molecule has 1 aromatic carbocycles. The van der Waals surface area contributed by atoms with Crippen molar-refractivity contribution in [2.45, 2.75) is 31.6 Å². The van der Waals surface area contributed by atoms with Crippen LogP contribution in [0.1, 0.15) is 37.2 Å². The highest BCUT2D eigenvalue weighted by atomic mass is 16.5. The van der Waals surface area contributed by atoms with Crippen molar-refractivity contribution in [3.8, 4) is 17.2 Å². The molecule has 1 atom stereocenters. The molecular formula is C16H20O5. The van der Waals surface area contributed by atoms with E-state index in [9.17, 15) is 9.90 Å². The number of hydrogen-bond acceptors (Lipinski definition) is 4. The number of rotatable bonds is 5. The summed E-state index contributed by atoms with van der Waals surface area (Å²) >= 11 is 0. The standard InChI is InChI=1S/C16H20O5/c1-19-15-11(12(9-14(17)18)10-3-4-10)5-6-13-16(15)21-8-2-7-20-13/h5-6,10,12H,2-4,7-9H2,1H3,(H,17,18). The summed E-state index contributed by atoms with van der Waals surface area (Å²) < 4.78 is 17.0. The molecule has 1 aliphatic heterocycles. The second kappa shape index (κ2) is 5.84. The molecule has 0 spiro atoms. The average Bonchev–Trinajstić information content (AvgIpc) is 3.29. The zero-order valence-corrected chi connectivity index (χ0v) is 12.1. The molecule has 1 fully saturated rings. The zero-order chi connectivity index (χ0) is 14.8. The molecule has 2 aliphatic rings. The molecule has 1 aromatic rings. The van der Waals surface area contributed by atoms with Gasteiger partial charge in [0.1, 0.15) is 0 Å². The molecular weight excluding hydrogens is 272 g/mol. The summed E-state index contributed by atoms with van der Waals surface area (Å²) in [6.07, 6.45) is 3.11. The fourth-order valence-electron chi connectivity index (χ4n) is 2.95. The summed E-state index contributed by atoms with van der Waals surface area (Å²) in [6.45, 7) is 1.20. The van der Waals surface area contributed by atoms with Gasteiger partial charge in [0, 0.05) is 17.9 Å². The van der Waals surface area contributed by atoms with Crippen molar-refractivity contribution in [1.82, 2.24) is 0 Å². The van der Waals surface area contributed by atoms with Crippen LogP contribution in [0, 0.1) is 5.92 Å². The Morgan fingerprint density at radius 1 is 1.38 bits per heavy atom. The van der Waals surface area contributed by atoms with E-state index in [1.807, 2.05) is 12.1 Å². The van der Waals surface area contributed by atoms with Crippen LogP contribution in [0.3, 0.4) is 0 Å². The van der Waals surface area contributed by atoms with Gasteiger partial charge in [-0.1, -0.05) is 6.07 Å². The first-order chi connectivity index (χ1) is 10.2. The molecule has 1 unspecified atom stereocenters. The fourth-order valence-corrected chi connectivity index (χ4v) is 2.95. The third kappa shape index (κ3) is 2.91. The van der Waals surface area contributed by atoms with Crippen molar-refractivity contribution in [3.63, 3.8) is 0 Å². The van der Waals surface area contributed by atoms with E-state index < -0.39 is 5.97 Å². The second-order valence-electron chi connectivity index (χ2n) is 5.61. The van der Waals surface area contributed by atoms with Crippen LogP contribution in [0.2, 0.25) is 0 Å². The van der Waals surface area contributed by atoms with E-state index in [1.54, 1.807) is 7.11 Å². The molecule has 114 valence electrons. The molecule has 1 aliphatic carbocycles. The third-order valence-electron chi connectivity index (χ3n) is 4.09. The van der Waals surface area contributed by atoms with Crippen LogP contribution < -0.4 is 14.2 Å². The highest BCUT2D eigenvalue weighted by Gasteiger charge is 2.36. The number of carboxylic acid groups (broad SMARTS) is 1. The monoisotopic (exact) mass is 292 g/mol. The Labute approximate surface area is 123 Å². The summed E-state index contributed by atoms with van der Waals surface area (Å²) in [7, 11) is 1.60. The zero-order valence-electron chi connectivity index (χ0n) is 12.1. The normalized spacial score (nSPS) is 18.7. The molecule has 0 radical (unpaired) electrons. The predicted octanol–water partition coefficient (Wildman–Crippen LogP) is 2.82. The van der Waals surface area contributed by atoms with Crippen LogP contribution in [0.4, 0.5) is 0 Å². The van der Waals surface area contributed by atoms with E-state index in [1.165, 1.54) is 0 Å². The number of hydrogen-bond donors (Lipinski definition) is 1. The maximum Gasteiger partial charge on any atom is 0.303 e. The molecule has 0 aromatic heterocycles. The van der Waals surface area contributed by atoms with Crippen molar-refractivity contribution >= 4 is 5.97 Å². The van der Waals surface area contributed by atoms with Gasteiger partial charge in [-0.05, 0) is 24.8 Å². The number of carbonyl (C=O) groups is 1. The number of aliphatic carboxylic acids is 1. The van der Waals surface area contributed by atoms with Crippen LogP contribution in [-0.2, 0) is 4.79 Å². The molecule has 21 heavy (non-hydrogen) atoms. The molecule has 5 nitrogen and oxygen atoms in total. The first kappa shape index (κ1) is 14.0. The Hall–Kier alpha value is -1.91. The first-order valence-corrected chi connectivity index (χ1v) is 7.39. The van der Waals surface area contributed by atoms with Gasteiger partial charge in [-0.25, -0.2) is 0 Å². The van der Waals surface area contributed by atoms with Gasteiger partial charge in [0.2, 0.25) is 5.75 Å². The summed E-state index contributed by atoms with van der Waals surface area (Å²) in [5.74, 6) is 1.56. The molecule has 0 saturated heterocycles. The minimum atomic E-state index is -0.777. The maximum absolute atomic E-state index is 11.2. The quantitative estimate of drug-likeness (QED) is 0.904. The highest BCUT2D eigenvalue weighted by molar-refractivity contribution is 5.69. The molecule has 0 amide bonds. The van der Waals surface area contributed by atoms with Crippen LogP contribution >= 0.6 is 0 Å². The van der Waals surface area contributed by atoms with Crippen LogP contribution in [0.5, 0.6) is 17.2 Å². The topological polar surface area (TPSA) is 65.0 Å². The number of methoxy groups -OCH3 is 1. The Morgan fingerprint density at radius 3 is 2.81 bits per heavy atom. The van der Waals surface area contributed by atoms with E-state index >= 15 is 0 Å². The van der Waals surface area contributed by atoms with Gasteiger partial charge in [-0.15, -0.1) is 0 Å². The summed E-state index contributed by atoms with van der Waals surface area (Å²) in [5, 5.41) is 9.17. The third-order valence-corrected chi connectivity index (χ3v) is 4.09. The van der Waals surface area contributed by atoms with Gasteiger partial charge in [0.15, 0.2) is 11.5 Å². The first-order valence-electron chi connectivity index (χ1n) is 7.39. The Kier molecular flexibility index (Phi) is 3.90. The fraction of sp³-hybridized carbons (Fsp3) is 0.562. The minimum Gasteiger partial charge on any atom is -0.492 e. The van der Waals surface area contributed by atoms with E-state index in [-0.39, 0.29) is 12.3 Å². The number of carboxylic acids is 1. The number of fused-ring (bicyclic) bond motifs is 1. The smallest absolute Gasteiger partial charge is 0.303 e. The van der Waals surface area contributed by atoms with Crippen molar-refractivity contribution in [3.05, 3.63) is 17.7 Å². The summed E-state index contributed by atoms with van der Waals surface area (Å²) in [4.78, 5) is 11.2. The second-order valence-corrected chi connectivity index (χ2v) is 5.61. The number of benzene rings is 1. The lowest BCUT2D eigenvalue weighted by Crippen LogP contribution is -2.10. The van der Waals surface area contributed by atoms with Crippen molar-refractivity contribution in [2.24, 2.45) is 5.92 Å². The Morgan fingerprint density at radius 2 is 2.14 bits per heavy atom. The highest BCUT2D eigenvalue weighted by Crippen LogP contribution is 2.51. The Bertz CT molecular complexity index is 536. The van der Waals surface area contributed by atoms with E-state index in [4.69, 9.17) is 14.2 Å². The lowest BCUT2D eigenvalue weighted by molar-refractivity contribution is -0.137. The van der Waals surface area contributed by atoms with Crippen LogP contribution in [0.25, 0.3) is 0 Å². The van der Waals surface area contributed by atoms with Crippen molar-refractivity contribution in [2.75, 3.05) is 20.3 Å². The SMILES string of the molecule is COc1c(C(CC(=O)O)C2CC2)ccc2c1OCCCO2. The molecule has 1 saturated carbocycles. The minimum absolute atomic E-state index is 0.0189. The van der Waals surface area contributed by atoms with Crippen LogP contribution in [0.15, 0.2) is 12.1 Å². The van der Waals surface area contributed by atoms with Gasteiger partial charge in [-0.3, -0.25) is 4.79 Å². The lowest BCUT2D eigenvalue weighted by atomic mass is 9.90. The van der Waals surface area contributed by atoms with Gasteiger partial charge in [-0.2, -0.15) is 0 Å². The molecule has 1 N–H and O–H groups in total. The van der Waals surface area contributed by atoms with Gasteiger partial charge >= 0.3 is 5.97 Å². The maximum atomic E-state index is 11.2. The van der Waals surface area contributed by atoms with Gasteiger partial charge in [0.25, 0.3) is 0 Å². The summed E-state index contributed by atoms with van der Waals surface area (Å²) in [6, 6.07) is 3.80.